The number of aromatic nitrogens is 1. The summed E-state index contributed by atoms with van der Waals surface area (Å²) in [4.78, 5) is 13.5. The fraction of sp³-hybridized carbons (Fsp3) is 0.143. The first-order valence-electron chi connectivity index (χ1n) is 8.60. The van der Waals surface area contributed by atoms with Gasteiger partial charge < -0.3 is 19.5 Å². The number of allylic oxidation sites excluding steroid dienone is 1. The molecule has 2 aromatic heterocycles. The predicted molar refractivity (Wildman–Crippen MR) is 107 cm³/mol. The summed E-state index contributed by atoms with van der Waals surface area (Å²) < 4.78 is 13.5. The van der Waals surface area contributed by atoms with E-state index in [1.165, 1.54) is 0 Å². The quantitative estimate of drug-likeness (QED) is 0.672. The van der Waals surface area contributed by atoms with Crippen molar-refractivity contribution in [1.82, 2.24) is 4.57 Å². The van der Waals surface area contributed by atoms with Gasteiger partial charge in [-0.3, -0.25) is 4.79 Å². The van der Waals surface area contributed by atoms with E-state index < -0.39 is 5.92 Å². The van der Waals surface area contributed by atoms with Crippen molar-refractivity contribution in [1.29, 1.82) is 5.26 Å². The van der Waals surface area contributed by atoms with Gasteiger partial charge in [0.15, 0.2) is 0 Å². The van der Waals surface area contributed by atoms with Gasteiger partial charge in [0.2, 0.25) is 5.88 Å². The molecule has 0 spiro atoms. The summed E-state index contributed by atoms with van der Waals surface area (Å²) in [5.74, 6) is 0.420. The molecule has 1 atom stereocenters. The first-order valence-corrected chi connectivity index (χ1v) is 9.39. The highest BCUT2D eigenvalue weighted by molar-refractivity contribution is 9.10. The van der Waals surface area contributed by atoms with Gasteiger partial charge >= 0.3 is 0 Å². The molecule has 0 unspecified atom stereocenters. The first kappa shape index (κ1) is 18.1. The smallest absolute Gasteiger partial charge is 0.259 e. The Morgan fingerprint density at radius 2 is 2.07 bits per heavy atom. The molecule has 3 heterocycles. The van der Waals surface area contributed by atoms with E-state index in [1.54, 1.807) is 23.0 Å². The van der Waals surface area contributed by atoms with Crippen molar-refractivity contribution < 1.29 is 9.15 Å². The fourth-order valence-corrected chi connectivity index (χ4v) is 3.98. The molecule has 0 saturated carbocycles. The van der Waals surface area contributed by atoms with Crippen molar-refractivity contribution in [3.05, 3.63) is 97.6 Å². The predicted octanol–water partition coefficient (Wildman–Crippen LogP) is 3.78. The monoisotopic (exact) mass is 437 g/mol. The van der Waals surface area contributed by atoms with Crippen LogP contribution in [-0.2, 0) is 6.54 Å². The molecule has 28 heavy (non-hydrogen) atoms. The van der Waals surface area contributed by atoms with Crippen molar-refractivity contribution in [2.45, 2.75) is 19.4 Å². The van der Waals surface area contributed by atoms with E-state index in [1.807, 2.05) is 37.3 Å². The van der Waals surface area contributed by atoms with Gasteiger partial charge in [0, 0.05) is 16.2 Å². The molecule has 0 amide bonds. The topological polar surface area (TPSA) is 94.2 Å². The molecule has 0 bridgehead atoms. The molecule has 4 rings (SSSR count). The number of pyridine rings is 1. The Labute approximate surface area is 169 Å². The number of nitrogens with two attached hydrogens (primary N) is 1. The van der Waals surface area contributed by atoms with Crippen LogP contribution < -0.4 is 16.0 Å². The Bertz CT molecular complexity index is 1190. The Kier molecular flexibility index (Phi) is 4.57. The van der Waals surface area contributed by atoms with Gasteiger partial charge in [0.05, 0.1) is 24.3 Å². The van der Waals surface area contributed by atoms with Crippen LogP contribution in [0.5, 0.6) is 5.75 Å². The average molecular weight is 438 g/mol. The lowest BCUT2D eigenvalue weighted by Gasteiger charge is -2.27. The zero-order valence-corrected chi connectivity index (χ0v) is 16.6. The van der Waals surface area contributed by atoms with Crippen molar-refractivity contribution in [2.75, 3.05) is 0 Å². The molecule has 140 valence electrons. The number of aryl methyl sites for hydroxylation is 1. The molecule has 1 aliphatic rings. The van der Waals surface area contributed by atoms with Gasteiger partial charge in [0.25, 0.3) is 5.56 Å². The largest absolute Gasteiger partial charge is 0.467 e. The van der Waals surface area contributed by atoms with Gasteiger partial charge in [-0.2, -0.15) is 5.26 Å². The molecule has 0 radical (unpaired) electrons. The van der Waals surface area contributed by atoms with Crippen LogP contribution in [0.25, 0.3) is 0 Å². The third kappa shape index (κ3) is 2.92. The van der Waals surface area contributed by atoms with E-state index in [2.05, 4.69) is 22.0 Å². The van der Waals surface area contributed by atoms with Gasteiger partial charge in [-0.25, -0.2) is 0 Å². The second-order valence-electron chi connectivity index (χ2n) is 6.48. The standard InChI is InChI=1S/C21H16BrN3O3/c1-12-9-17-19(21(26)25(12)11-13-5-4-8-27-13)18(15(10-23)20(24)28-17)14-6-2-3-7-16(14)22/h2-9,18H,11,24H2,1H3/t18-/m1/s1. The number of ether oxygens (including phenoxy) is 1. The van der Waals surface area contributed by atoms with E-state index in [0.29, 0.717) is 22.8 Å². The average Bonchev–Trinajstić information content (AvgIpc) is 3.18. The number of nitrogens with zero attached hydrogens (tertiary/aromatic N) is 2. The second-order valence-corrected chi connectivity index (χ2v) is 7.33. The maximum atomic E-state index is 13.5. The van der Waals surface area contributed by atoms with Gasteiger partial charge in [-0.15, -0.1) is 0 Å². The van der Waals surface area contributed by atoms with E-state index >= 15 is 0 Å². The summed E-state index contributed by atoms with van der Waals surface area (Å²) in [5.41, 5.74) is 7.86. The third-order valence-corrected chi connectivity index (χ3v) is 5.52. The van der Waals surface area contributed by atoms with Crippen molar-refractivity contribution in [3.8, 4) is 11.8 Å². The van der Waals surface area contributed by atoms with Gasteiger partial charge in [-0.05, 0) is 30.7 Å². The molecule has 0 aliphatic carbocycles. The zero-order chi connectivity index (χ0) is 19.8. The number of nitriles is 1. The molecular weight excluding hydrogens is 422 g/mol. The molecule has 0 fully saturated rings. The number of hydrogen-bond donors (Lipinski definition) is 1. The highest BCUT2D eigenvalue weighted by Crippen LogP contribution is 2.42. The summed E-state index contributed by atoms with van der Waals surface area (Å²) in [6.45, 7) is 2.11. The molecule has 1 aliphatic heterocycles. The SMILES string of the molecule is Cc1cc2c(c(=O)n1Cc1ccco1)[C@H](c1ccccc1Br)C(C#N)=C(N)O2. The first-order chi connectivity index (χ1) is 13.5. The highest BCUT2D eigenvalue weighted by atomic mass is 79.9. The molecule has 3 aromatic rings. The van der Waals surface area contributed by atoms with E-state index in [4.69, 9.17) is 14.9 Å². The number of halogens is 1. The molecule has 6 nitrogen and oxygen atoms in total. The number of fused-ring (bicyclic) bond motifs is 1. The van der Waals surface area contributed by atoms with E-state index in [-0.39, 0.29) is 23.6 Å². The normalized spacial score (nSPS) is 15.7. The minimum atomic E-state index is -0.625. The van der Waals surface area contributed by atoms with E-state index in [0.717, 1.165) is 10.0 Å². The zero-order valence-electron chi connectivity index (χ0n) is 15.0. The Morgan fingerprint density at radius 3 is 2.75 bits per heavy atom. The lowest BCUT2D eigenvalue weighted by Crippen LogP contribution is -2.33. The summed E-state index contributed by atoms with van der Waals surface area (Å²) >= 11 is 3.53. The summed E-state index contributed by atoms with van der Waals surface area (Å²) in [6.07, 6.45) is 1.57. The lowest BCUT2D eigenvalue weighted by molar-refractivity contribution is 0.387. The molecule has 0 saturated heterocycles. The number of benzene rings is 1. The summed E-state index contributed by atoms with van der Waals surface area (Å²) in [5, 5.41) is 9.72. The van der Waals surface area contributed by atoms with Crippen LogP contribution in [0.1, 0.15) is 28.5 Å². The number of furan rings is 1. The second kappa shape index (κ2) is 7.06. The lowest BCUT2D eigenvalue weighted by atomic mass is 9.84. The fourth-order valence-electron chi connectivity index (χ4n) is 3.46. The van der Waals surface area contributed by atoms with Crippen LogP contribution in [0.4, 0.5) is 0 Å². The minimum absolute atomic E-state index is 0.0123. The molecular formula is C21H16BrN3O3. The maximum Gasteiger partial charge on any atom is 0.259 e. The maximum absolute atomic E-state index is 13.5. The van der Waals surface area contributed by atoms with Crippen LogP contribution in [0, 0.1) is 18.3 Å². The Balaban J connectivity index is 1.97. The molecule has 1 aromatic carbocycles. The van der Waals surface area contributed by atoms with Crippen molar-refractivity contribution in [2.24, 2.45) is 5.73 Å². The van der Waals surface area contributed by atoms with Crippen LogP contribution in [0.2, 0.25) is 0 Å². The number of hydrogen-bond acceptors (Lipinski definition) is 5. The van der Waals surface area contributed by atoms with Crippen molar-refractivity contribution in [3.63, 3.8) is 0 Å². The third-order valence-electron chi connectivity index (χ3n) is 4.80. The highest BCUT2D eigenvalue weighted by Gasteiger charge is 2.35. The minimum Gasteiger partial charge on any atom is -0.467 e. The Hall–Kier alpha value is -3.24. The van der Waals surface area contributed by atoms with Gasteiger partial charge in [0.1, 0.15) is 23.2 Å². The summed E-state index contributed by atoms with van der Waals surface area (Å²) in [6, 6.07) is 14.9. The van der Waals surface area contributed by atoms with Crippen LogP contribution in [-0.4, -0.2) is 4.57 Å². The molecule has 2 N–H and O–H groups in total. The van der Waals surface area contributed by atoms with Crippen LogP contribution in [0.3, 0.4) is 0 Å². The number of rotatable bonds is 3. The van der Waals surface area contributed by atoms with Crippen LogP contribution >= 0.6 is 15.9 Å². The van der Waals surface area contributed by atoms with Crippen LogP contribution in [0.15, 0.2) is 73.9 Å². The van der Waals surface area contributed by atoms with E-state index in [9.17, 15) is 10.1 Å². The molecule has 7 heteroatoms. The van der Waals surface area contributed by atoms with Crippen molar-refractivity contribution >= 4 is 15.9 Å². The van der Waals surface area contributed by atoms with Gasteiger partial charge in [-0.1, -0.05) is 34.1 Å². The Morgan fingerprint density at radius 1 is 1.29 bits per heavy atom. The summed E-state index contributed by atoms with van der Waals surface area (Å²) in [7, 11) is 0.